The van der Waals surface area contributed by atoms with Crippen molar-refractivity contribution in [1.82, 2.24) is 43.9 Å². The van der Waals surface area contributed by atoms with Gasteiger partial charge in [-0.1, -0.05) is 211 Å². The summed E-state index contributed by atoms with van der Waals surface area (Å²) in [6, 6.07) is 80.3. The first-order chi connectivity index (χ1) is 53.6. The van der Waals surface area contributed by atoms with Crippen LogP contribution in [-0.4, -0.2) is 121 Å². The number of benzene rings is 9. The van der Waals surface area contributed by atoms with Crippen LogP contribution in [0.5, 0.6) is 0 Å². The van der Waals surface area contributed by atoms with Gasteiger partial charge in [0.15, 0.2) is 0 Å². The fraction of sp³-hybridized carbons (Fsp3) is 0.283. The van der Waals surface area contributed by atoms with Crippen molar-refractivity contribution in [3.8, 4) is 0 Å². The van der Waals surface area contributed by atoms with E-state index in [0.717, 1.165) is 85.4 Å². The maximum Gasteiger partial charge on any atom is 0.270 e. The monoisotopic (exact) mass is 1520 g/mol. The molecule has 0 bridgehead atoms. The summed E-state index contributed by atoms with van der Waals surface area (Å²) >= 11 is 18.3. The molecule has 7 heterocycles. The van der Waals surface area contributed by atoms with Gasteiger partial charge < -0.3 is 43.9 Å². The molecule has 4 aliphatic heterocycles. The summed E-state index contributed by atoms with van der Waals surface area (Å²) < 4.78 is 6.32. The number of hydrogen-bond donors (Lipinski definition) is 2. The minimum Gasteiger partial charge on any atom is -0.355 e. The number of rotatable bonds is 17. The largest absolute Gasteiger partial charge is 0.355 e. The highest BCUT2D eigenvalue weighted by Gasteiger charge is 2.45. The number of amides is 6. The molecule has 9 aromatic carbocycles. The fourth-order valence-electron chi connectivity index (χ4n) is 16.9. The lowest BCUT2D eigenvalue weighted by Gasteiger charge is -2.33. The SMILES string of the molecule is Cc1cccc2cc(C(=O)N3CCC(C(=O)NCc4ccccc4)CC3)n(Cc3ccc(Cl)cc3)c12.O=C(NCC1CCc2ccccc21)C1CCN(C(=O)c2cc3ccccc3n2Cc2ccc(Cl)cc2)CC1.O=C(c1cc2ccccc2n1Cc1ccc(Cl)cc1)N1CCC2C(=O)N(Cc3ccccc3)CC2C1. The first-order valence-corrected chi connectivity index (χ1v) is 39.6. The zero-order valence-corrected chi connectivity index (χ0v) is 64.1. The Morgan fingerprint density at radius 1 is 0.409 bits per heavy atom. The third kappa shape index (κ3) is 17.0. The molecule has 3 aromatic heterocycles. The molecule has 3 unspecified atom stereocenters. The van der Waals surface area contributed by atoms with E-state index in [0.29, 0.717) is 149 Å². The highest BCUT2D eigenvalue weighted by atomic mass is 35.5. The second kappa shape index (κ2) is 34.1. The summed E-state index contributed by atoms with van der Waals surface area (Å²) in [5.41, 5.74) is 14.6. The Morgan fingerprint density at radius 2 is 0.845 bits per heavy atom. The zero-order chi connectivity index (χ0) is 75.8. The molecule has 4 fully saturated rings. The molecule has 4 saturated heterocycles. The van der Waals surface area contributed by atoms with Crippen LogP contribution in [0.1, 0.15) is 120 Å². The molecule has 2 N–H and O–H groups in total. The van der Waals surface area contributed by atoms with Crippen molar-refractivity contribution in [3.05, 3.63) is 319 Å². The van der Waals surface area contributed by atoms with Gasteiger partial charge in [0.25, 0.3) is 17.7 Å². The fourth-order valence-corrected chi connectivity index (χ4v) is 17.3. The zero-order valence-electron chi connectivity index (χ0n) is 61.8. The number of nitrogens with one attached hydrogen (secondary N) is 2. The molecule has 0 radical (unpaired) electrons. The van der Waals surface area contributed by atoms with E-state index in [4.69, 9.17) is 34.8 Å². The summed E-state index contributed by atoms with van der Waals surface area (Å²) in [5.74, 6) is 0.969. The number of hydrogen-bond acceptors (Lipinski definition) is 6. The molecule has 110 heavy (non-hydrogen) atoms. The normalized spacial score (nSPS) is 17.1. The van der Waals surface area contributed by atoms with Gasteiger partial charge in [-0.3, -0.25) is 28.8 Å². The van der Waals surface area contributed by atoms with E-state index in [1.165, 1.54) is 11.1 Å². The van der Waals surface area contributed by atoms with Gasteiger partial charge in [-0.15, -0.1) is 0 Å². The lowest BCUT2D eigenvalue weighted by Crippen LogP contribution is -2.44. The molecular weight excluding hydrogens is 1430 g/mol. The Kier molecular flexibility index (Phi) is 23.1. The van der Waals surface area contributed by atoms with Crippen molar-refractivity contribution in [3.63, 3.8) is 0 Å². The molecule has 560 valence electrons. The lowest BCUT2D eigenvalue weighted by atomic mass is 9.88. The van der Waals surface area contributed by atoms with Gasteiger partial charge in [0, 0.05) is 157 Å². The number of likely N-dealkylation sites (tertiary alicyclic amines) is 4. The predicted octanol–water partition coefficient (Wildman–Crippen LogP) is 17.3. The number of aromatic nitrogens is 3. The van der Waals surface area contributed by atoms with Crippen LogP contribution in [0.2, 0.25) is 15.1 Å². The number of halogens is 3. The Labute approximate surface area is 657 Å². The molecule has 18 heteroatoms. The summed E-state index contributed by atoms with van der Waals surface area (Å²) in [5, 5.41) is 11.5. The van der Waals surface area contributed by atoms with Crippen LogP contribution in [0, 0.1) is 30.6 Å². The second-order valence-electron chi connectivity index (χ2n) is 30.0. The third-order valence-corrected chi connectivity index (χ3v) is 23.6. The van der Waals surface area contributed by atoms with Crippen molar-refractivity contribution in [2.24, 2.45) is 23.7 Å². The van der Waals surface area contributed by atoms with Crippen LogP contribution in [0.15, 0.2) is 243 Å². The van der Waals surface area contributed by atoms with Gasteiger partial charge in [0.05, 0.1) is 5.52 Å². The molecule has 0 saturated carbocycles. The van der Waals surface area contributed by atoms with Crippen LogP contribution in [-0.2, 0) is 53.5 Å². The van der Waals surface area contributed by atoms with E-state index in [1.54, 1.807) is 0 Å². The van der Waals surface area contributed by atoms with Crippen LogP contribution in [0.3, 0.4) is 0 Å². The van der Waals surface area contributed by atoms with Gasteiger partial charge in [-0.25, -0.2) is 0 Å². The maximum absolute atomic E-state index is 13.9. The minimum atomic E-state index is -0.0695. The Hall–Kier alpha value is -10.7. The molecule has 1 aliphatic carbocycles. The van der Waals surface area contributed by atoms with E-state index in [2.05, 4.69) is 91.9 Å². The smallest absolute Gasteiger partial charge is 0.270 e. The van der Waals surface area contributed by atoms with E-state index < -0.39 is 0 Å². The molecule has 3 atom stereocenters. The molecule has 5 aliphatic rings. The average Bonchev–Trinajstić information content (AvgIpc) is 1.63. The highest BCUT2D eigenvalue weighted by molar-refractivity contribution is 6.31. The number of nitrogens with zero attached hydrogens (tertiary/aromatic N) is 7. The summed E-state index contributed by atoms with van der Waals surface area (Å²) in [6.07, 6.45) is 5.62. The van der Waals surface area contributed by atoms with Crippen LogP contribution >= 0.6 is 34.8 Å². The molecular formula is C92H90Cl3N9O6. The first-order valence-electron chi connectivity index (χ1n) is 38.5. The third-order valence-electron chi connectivity index (χ3n) is 22.9. The van der Waals surface area contributed by atoms with E-state index in [-0.39, 0.29) is 59.1 Å². The number of fused-ring (bicyclic) bond motifs is 5. The summed E-state index contributed by atoms with van der Waals surface area (Å²) in [7, 11) is 0. The van der Waals surface area contributed by atoms with Crippen LogP contribution in [0.25, 0.3) is 32.7 Å². The quantitative estimate of drug-likeness (QED) is 0.0925. The summed E-state index contributed by atoms with van der Waals surface area (Å²) in [4.78, 5) is 87.8. The number of carbonyl (C=O) groups excluding carboxylic acids is 6. The summed E-state index contributed by atoms with van der Waals surface area (Å²) in [6.45, 7) is 9.96. The van der Waals surface area contributed by atoms with Gasteiger partial charge in [-0.2, -0.15) is 0 Å². The predicted molar refractivity (Wildman–Crippen MR) is 438 cm³/mol. The Bertz CT molecular complexity index is 5300. The van der Waals surface area contributed by atoms with Crippen molar-refractivity contribution in [2.75, 3.05) is 52.4 Å². The van der Waals surface area contributed by atoms with Gasteiger partial charge in [-0.05, 0) is 163 Å². The standard InChI is InChI=1S/C32H32ClN3O2.C30H28ClN3O2.C30H30ClN3O2/c33-27-13-9-22(10-14-27)21-36-29-8-4-2-6-25(29)19-30(36)32(38)35-17-15-24(16-18-35)31(37)34-20-26-12-11-23-5-1-3-7-28(23)26;31-25-12-10-22(11-13-25)18-34-27-9-5-4-8-23(27)16-28(34)30(36)32-15-14-26-24(19-32)20-33(29(26)35)17-21-6-2-1-3-7-21;1-21-6-5-9-25-18-27(34(28(21)25)20-23-10-12-26(31)13-11-23)30(36)33-16-14-24(15-17-33)29(35)32-19-22-7-3-2-4-8-22/h1-10,13-14,19,24,26H,11-12,15-18,20-21H2,(H,34,37);1-13,16,24,26H,14-15,17-20H2;2-13,18,24H,14-17,19-20H2,1H3,(H,32,35). The topological polar surface area (TPSA) is 154 Å². The van der Waals surface area contributed by atoms with Crippen LogP contribution < -0.4 is 10.6 Å². The Balaban J connectivity index is 0.000000131. The number of aryl methyl sites for hydroxylation is 2. The second-order valence-corrected chi connectivity index (χ2v) is 31.3. The lowest BCUT2D eigenvalue weighted by molar-refractivity contribution is -0.132. The molecule has 15 nitrogen and oxygen atoms in total. The maximum atomic E-state index is 13.9. The van der Waals surface area contributed by atoms with Crippen LogP contribution in [0.4, 0.5) is 0 Å². The minimum absolute atomic E-state index is 0.0117. The molecule has 17 rings (SSSR count). The van der Waals surface area contributed by atoms with E-state index >= 15 is 0 Å². The van der Waals surface area contributed by atoms with Gasteiger partial charge >= 0.3 is 0 Å². The van der Waals surface area contributed by atoms with Crippen molar-refractivity contribution >= 4 is 103 Å². The number of carbonyl (C=O) groups is 6. The van der Waals surface area contributed by atoms with Gasteiger partial charge in [0.1, 0.15) is 17.1 Å². The number of piperidine rings is 3. The molecule has 6 amide bonds. The Morgan fingerprint density at radius 3 is 1.40 bits per heavy atom. The molecule has 0 spiro atoms. The van der Waals surface area contributed by atoms with E-state index in [9.17, 15) is 28.8 Å². The highest BCUT2D eigenvalue weighted by Crippen LogP contribution is 2.37. The van der Waals surface area contributed by atoms with Crippen molar-refractivity contribution < 1.29 is 28.8 Å². The van der Waals surface area contributed by atoms with Crippen molar-refractivity contribution in [2.45, 2.75) is 90.5 Å². The van der Waals surface area contributed by atoms with Crippen molar-refractivity contribution in [1.29, 1.82) is 0 Å². The first kappa shape index (κ1) is 74.7. The molecule has 12 aromatic rings. The van der Waals surface area contributed by atoms with E-state index in [1.807, 2.05) is 202 Å². The van der Waals surface area contributed by atoms with Gasteiger partial charge in [0.2, 0.25) is 17.7 Å². The average molecular weight is 1520 g/mol. The number of para-hydroxylation sites is 3.